The molecular formula is C30H24MgN6. The highest BCUT2D eigenvalue weighted by Crippen LogP contribution is 2.17. The quantitative estimate of drug-likeness (QED) is 0.280. The number of fused-ring (bicyclic) bond motifs is 8. The topological polar surface area (TPSA) is 83.1 Å². The molecule has 6 nitrogen and oxygen atoms in total. The molecule has 0 saturated heterocycles. The molecule has 37 heavy (non-hydrogen) atoms. The zero-order valence-corrected chi connectivity index (χ0v) is 19.3. The van der Waals surface area contributed by atoms with Crippen molar-refractivity contribution in [1.82, 2.24) is 29.9 Å². The zero-order valence-electron chi connectivity index (χ0n) is 19.3. The van der Waals surface area contributed by atoms with Crippen LogP contribution >= 0.6 is 0 Å². The molecule has 0 amide bonds. The standard InChI is InChI=1S/C20H14N4.C10H8N2.Mg.2H/c1-2-14-10-16-5-6-18(23-16)12-20-8-7-19(24-20)11-17-4-3-15(22-17)9-13(1)21-14;1-3-7-11-9(5-1)10-6-2-4-8-12-10;;;/h1-12,21,24H;1-8H;;;. The Kier molecular flexibility index (Phi) is 7.35. The predicted octanol–water partition coefficient (Wildman–Crippen LogP) is 5.88. The number of aromatic nitrogens is 6. The van der Waals surface area contributed by atoms with Gasteiger partial charge in [-0.25, -0.2) is 9.97 Å². The highest BCUT2D eigenvalue weighted by molar-refractivity contribution is 5.77. The highest BCUT2D eigenvalue weighted by atomic mass is 24.3. The smallest absolute Gasteiger partial charge is 0.316 e. The summed E-state index contributed by atoms with van der Waals surface area (Å²) in [5, 5.41) is 0. The molecular weight excluding hydrogens is 469 g/mol. The molecule has 0 aliphatic carbocycles. The van der Waals surface area contributed by atoms with Crippen LogP contribution in [0.1, 0.15) is 22.8 Å². The fraction of sp³-hybridized carbons (Fsp3) is 0. The van der Waals surface area contributed by atoms with Gasteiger partial charge in [0.1, 0.15) is 0 Å². The van der Waals surface area contributed by atoms with Gasteiger partial charge in [0.2, 0.25) is 0 Å². The van der Waals surface area contributed by atoms with Crippen LogP contribution in [0.2, 0.25) is 0 Å². The molecule has 2 aliphatic rings. The molecule has 0 atom stereocenters. The first-order chi connectivity index (χ1) is 17.8. The van der Waals surface area contributed by atoms with Crippen molar-refractivity contribution in [3.8, 4) is 11.4 Å². The van der Waals surface area contributed by atoms with E-state index in [9.17, 15) is 0 Å². The molecule has 8 bridgehead atoms. The molecule has 0 aromatic carbocycles. The summed E-state index contributed by atoms with van der Waals surface area (Å²) in [7, 11) is 0. The van der Waals surface area contributed by atoms with Gasteiger partial charge in [-0.2, -0.15) is 0 Å². The van der Waals surface area contributed by atoms with E-state index in [1.54, 1.807) is 12.4 Å². The van der Waals surface area contributed by atoms with Gasteiger partial charge < -0.3 is 9.97 Å². The van der Waals surface area contributed by atoms with Gasteiger partial charge in [0.05, 0.1) is 34.2 Å². The van der Waals surface area contributed by atoms with E-state index in [4.69, 9.17) is 0 Å². The molecule has 0 unspecified atom stereocenters. The summed E-state index contributed by atoms with van der Waals surface area (Å²) in [6.45, 7) is 0. The molecule has 0 spiro atoms. The van der Waals surface area contributed by atoms with Gasteiger partial charge in [0.25, 0.3) is 0 Å². The van der Waals surface area contributed by atoms with E-state index in [2.05, 4.69) is 54.2 Å². The van der Waals surface area contributed by atoms with Crippen molar-refractivity contribution < 1.29 is 0 Å². The SMILES string of the molecule is C1=Cc2cc3ccc(cc4nc(cc5ccc(cc1n2)[nH]5)C=C4)[nH]3.[MgH2].c1ccc(-c2ccccn2)nc1. The lowest BCUT2D eigenvalue weighted by Gasteiger charge is -1.96. The van der Waals surface area contributed by atoms with Crippen molar-refractivity contribution in [1.29, 1.82) is 0 Å². The van der Waals surface area contributed by atoms with Crippen molar-refractivity contribution in [2.24, 2.45) is 0 Å². The first kappa shape index (κ1) is 24.4. The van der Waals surface area contributed by atoms with Crippen LogP contribution in [0.5, 0.6) is 0 Å². The van der Waals surface area contributed by atoms with Crippen LogP contribution in [-0.2, 0) is 0 Å². The third-order valence-electron chi connectivity index (χ3n) is 5.63. The monoisotopic (exact) mass is 492 g/mol. The third-order valence-corrected chi connectivity index (χ3v) is 5.63. The second kappa shape index (κ2) is 11.2. The van der Waals surface area contributed by atoms with Crippen LogP contribution < -0.4 is 0 Å². The van der Waals surface area contributed by atoms with Gasteiger partial charge in [0.15, 0.2) is 0 Å². The molecule has 7 rings (SSSR count). The number of H-pyrrole nitrogens is 2. The summed E-state index contributed by atoms with van der Waals surface area (Å²) >= 11 is 0. The Balaban J connectivity index is 0.000000183. The van der Waals surface area contributed by atoms with E-state index >= 15 is 0 Å². The minimum Gasteiger partial charge on any atom is -0.355 e. The highest BCUT2D eigenvalue weighted by Gasteiger charge is 2.01. The fourth-order valence-corrected chi connectivity index (χ4v) is 3.97. The summed E-state index contributed by atoms with van der Waals surface area (Å²) < 4.78 is 0. The van der Waals surface area contributed by atoms with Crippen molar-refractivity contribution in [2.75, 3.05) is 0 Å². The number of hydrogen-bond donors (Lipinski definition) is 2. The van der Waals surface area contributed by atoms with E-state index < -0.39 is 0 Å². The van der Waals surface area contributed by atoms with Crippen LogP contribution in [0.4, 0.5) is 0 Å². The maximum absolute atomic E-state index is 4.63. The van der Waals surface area contributed by atoms with Crippen molar-refractivity contribution >= 4 is 69.4 Å². The average Bonchev–Trinajstić information content (AvgIpc) is 3.72. The van der Waals surface area contributed by atoms with E-state index in [-0.39, 0.29) is 23.1 Å². The summed E-state index contributed by atoms with van der Waals surface area (Å²) in [4.78, 5) is 24.4. The van der Waals surface area contributed by atoms with Gasteiger partial charge in [-0.1, -0.05) is 12.1 Å². The van der Waals surface area contributed by atoms with Crippen LogP contribution in [-0.4, -0.2) is 53.0 Å². The lowest BCUT2D eigenvalue weighted by molar-refractivity contribution is 1.25. The molecule has 5 aromatic heterocycles. The lowest BCUT2D eigenvalue weighted by Crippen LogP contribution is -1.83. The molecule has 0 radical (unpaired) electrons. The maximum Gasteiger partial charge on any atom is 0.316 e. The Morgan fingerprint density at radius 1 is 0.432 bits per heavy atom. The van der Waals surface area contributed by atoms with Crippen LogP contribution in [0.25, 0.3) is 57.8 Å². The largest absolute Gasteiger partial charge is 0.355 e. The normalized spacial score (nSPS) is 11.4. The molecule has 0 fully saturated rings. The van der Waals surface area contributed by atoms with Crippen LogP contribution in [0.15, 0.2) is 97.3 Å². The van der Waals surface area contributed by atoms with E-state index in [1.807, 2.05) is 85.0 Å². The van der Waals surface area contributed by atoms with Crippen molar-refractivity contribution in [3.05, 3.63) is 120 Å². The Morgan fingerprint density at radius 2 is 0.784 bits per heavy atom. The van der Waals surface area contributed by atoms with E-state index in [1.165, 1.54) is 0 Å². The summed E-state index contributed by atoms with van der Waals surface area (Å²) in [5.41, 5.74) is 9.69. The fourth-order valence-electron chi connectivity index (χ4n) is 3.97. The molecule has 0 saturated carbocycles. The number of rotatable bonds is 1. The molecule has 176 valence electrons. The number of nitrogens with zero attached hydrogens (tertiary/aromatic N) is 4. The van der Waals surface area contributed by atoms with Crippen molar-refractivity contribution in [3.63, 3.8) is 0 Å². The van der Waals surface area contributed by atoms with E-state index in [0.717, 1.165) is 56.2 Å². The number of nitrogens with one attached hydrogen (secondary N) is 2. The second-order valence-electron chi connectivity index (χ2n) is 8.34. The Bertz CT molecular complexity index is 1520. The van der Waals surface area contributed by atoms with Gasteiger partial charge in [0, 0.05) is 34.5 Å². The Hall–Kier alpha value is -4.33. The first-order valence-corrected chi connectivity index (χ1v) is 11.6. The number of pyridine rings is 2. The van der Waals surface area contributed by atoms with Gasteiger partial charge in [-0.15, -0.1) is 0 Å². The Morgan fingerprint density at radius 3 is 1.08 bits per heavy atom. The predicted molar refractivity (Wildman–Crippen MR) is 155 cm³/mol. The lowest BCUT2D eigenvalue weighted by atomic mass is 10.2. The van der Waals surface area contributed by atoms with Crippen LogP contribution in [0.3, 0.4) is 0 Å². The molecule has 7 heteroatoms. The molecule has 2 aliphatic heterocycles. The number of aromatic amines is 2. The van der Waals surface area contributed by atoms with Gasteiger partial charge in [-0.3, -0.25) is 9.97 Å². The first-order valence-electron chi connectivity index (χ1n) is 11.6. The Labute approximate surface area is 230 Å². The minimum absolute atomic E-state index is 0. The molecule has 7 heterocycles. The summed E-state index contributed by atoms with van der Waals surface area (Å²) in [5.74, 6) is 0. The summed E-state index contributed by atoms with van der Waals surface area (Å²) in [6, 6.07) is 28.0. The molecule has 5 aromatic rings. The number of hydrogen-bond acceptors (Lipinski definition) is 4. The average molecular weight is 493 g/mol. The summed E-state index contributed by atoms with van der Waals surface area (Å²) in [6.07, 6.45) is 11.6. The minimum atomic E-state index is 0. The van der Waals surface area contributed by atoms with Crippen molar-refractivity contribution in [2.45, 2.75) is 0 Å². The maximum atomic E-state index is 4.63. The zero-order chi connectivity index (χ0) is 24.2. The second-order valence-corrected chi connectivity index (χ2v) is 8.34. The van der Waals surface area contributed by atoms with Crippen LogP contribution in [0, 0.1) is 0 Å². The van der Waals surface area contributed by atoms with E-state index in [0.29, 0.717) is 0 Å². The van der Waals surface area contributed by atoms with Gasteiger partial charge >= 0.3 is 23.1 Å². The molecule has 2 N–H and O–H groups in total. The van der Waals surface area contributed by atoms with Gasteiger partial charge in [-0.05, 0) is 97.1 Å². The third kappa shape index (κ3) is 6.09.